The van der Waals surface area contributed by atoms with Gasteiger partial charge in [-0.05, 0) is 55.9 Å². The molecular weight excluding hydrogens is 354 g/mol. The first-order chi connectivity index (χ1) is 12.2. The number of rotatable bonds is 6. The van der Waals surface area contributed by atoms with Gasteiger partial charge < -0.3 is 9.84 Å². The van der Waals surface area contributed by atoms with Crippen molar-refractivity contribution in [1.82, 2.24) is 14.5 Å². The van der Waals surface area contributed by atoms with E-state index in [0.29, 0.717) is 24.2 Å². The molecule has 1 heterocycles. The molecular formula is C18H25N3O4S. The van der Waals surface area contributed by atoms with E-state index < -0.39 is 16.1 Å². The molecule has 7 nitrogen and oxygen atoms in total. The van der Waals surface area contributed by atoms with Gasteiger partial charge in [-0.3, -0.25) is 4.68 Å². The predicted molar refractivity (Wildman–Crippen MR) is 97.5 cm³/mol. The minimum absolute atomic E-state index is 0.0450. The van der Waals surface area contributed by atoms with E-state index in [1.54, 1.807) is 44.1 Å². The normalized spacial score (nSPS) is 21.3. The summed E-state index contributed by atoms with van der Waals surface area (Å²) in [4.78, 5) is 0.240. The summed E-state index contributed by atoms with van der Waals surface area (Å²) in [5.41, 5.74) is 2.19. The summed E-state index contributed by atoms with van der Waals surface area (Å²) in [7, 11) is -0.382. The second kappa shape index (κ2) is 7.02. The fourth-order valence-electron chi connectivity index (χ4n) is 3.44. The van der Waals surface area contributed by atoms with Gasteiger partial charge in [0.1, 0.15) is 5.75 Å². The van der Waals surface area contributed by atoms with Crippen molar-refractivity contribution < 1.29 is 18.3 Å². The van der Waals surface area contributed by atoms with Crippen LogP contribution in [0.4, 0.5) is 0 Å². The molecule has 1 aliphatic carbocycles. The first kappa shape index (κ1) is 18.9. The highest BCUT2D eigenvalue weighted by Gasteiger charge is 2.38. The third-order valence-corrected chi connectivity index (χ3v) is 6.55. The molecule has 3 rings (SSSR count). The third kappa shape index (κ3) is 3.62. The van der Waals surface area contributed by atoms with Crippen LogP contribution in [0.3, 0.4) is 0 Å². The lowest BCUT2D eigenvalue weighted by atomic mass is 9.76. The summed E-state index contributed by atoms with van der Waals surface area (Å²) in [6.45, 7) is 3.57. The van der Waals surface area contributed by atoms with Crippen molar-refractivity contribution >= 4 is 10.0 Å². The second-order valence-electron chi connectivity index (χ2n) is 7.02. The van der Waals surface area contributed by atoms with Gasteiger partial charge in [-0.15, -0.1) is 0 Å². The smallest absolute Gasteiger partial charge is 0.241 e. The number of hydrogen-bond acceptors (Lipinski definition) is 5. The van der Waals surface area contributed by atoms with Gasteiger partial charge in [-0.25, -0.2) is 13.1 Å². The third-order valence-electron chi connectivity index (χ3n) is 4.97. The van der Waals surface area contributed by atoms with E-state index in [9.17, 15) is 13.5 Å². The molecule has 0 saturated heterocycles. The average molecular weight is 379 g/mol. The Hall–Kier alpha value is -1.90. The molecule has 0 unspecified atom stereocenters. The number of aromatic nitrogens is 2. The summed E-state index contributed by atoms with van der Waals surface area (Å²) in [5, 5.41) is 13.8. The number of aliphatic hydroxyl groups is 1. The fraction of sp³-hybridized carbons (Fsp3) is 0.500. The van der Waals surface area contributed by atoms with E-state index >= 15 is 0 Å². The highest BCUT2D eigenvalue weighted by atomic mass is 32.2. The number of methoxy groups -OCH3 is 1. The SMILES string of the molecule is COc1cc(C)c(S(=O)(=O)N[C@@H](c2cnn(C)c2)C2CC(O)C2)cc1C. The number of benzene rings is 1. The highest BCUT2D eigenvalue weighted by Crippen LogP contribution is 2.39. The van der Waals surface area contributed by atoms with Crippen molar-refractivity contribution in [2.24, 2.45) is 13.0 Å². The maximum absolute atomic E-state index is 13.1. The van der Waals surface area contributed by atoms with Crippen LogP contribution in [0.5, 0.6) is 5.75 Å². The zero-order chi connectivity index (χ0) is 19.1. The summed E-state index contributed by atoms with van der Waals surface area (Å²) >= 11 is 0. The van der Waals surface area contributed by atoms with Crippen molar-refractivity contribution in [1.29, 1.82) is 0 Å². The van der Waals surface area contributed by atoms with Crippen molar-refractivity contribution in [3.63, 3.8) is 0 Å². The Morgan fingerprint density at radius 1 is 1.31 bits per heavy atom. The molecule has 2 aromatic rings. The molecule has 1 fully saturated rings. The number of nitrogens with one attached hydrogen (secondary N) is 1. The number of sulfonamides is 1. The van der Waals surface area contributed by atoms with E-state index in [-0.39, 0.29) is 16.9 Å². The standard InChI is InChI=1S/C18H25N3O4S/c1-11-6-17(12(2)5-16(11)25-4)26(23,24)20-18(13-7-15(22)8-13)14-9-19-21(3)10-14/h5-6,9-10,13,15,18,20,22H,7-8H2,1-4H3/t13?,15?,18-/m1/s1. The number of aryl methyl sites for hydroxylation is 3. The Bertz CT molecular complexity index is 901. The van der Waals surface area contributed by atoms with Crippen molar-refractivity contribution in [3.8, 4) is 5.75 Å². The lowest BCUT2D eigenvalue weighted by Crippen LogP contribution is -2.41. The molecule has 26 heavy (non-hydrogen) atoms. The average Bonchev–Trinajstić information content (AvgIpc) is 2.98. The topological polar surface area (TPSA) is 93.5 Å². The van der Waals surface area contributed by atoms with E-state index in [1.165, 1.54) is 0 Å². The lowest BCUT2D eigenvalue weighted by Gasteiger charge is -2.37. The lowest BCUT2D eigenvalue weighted by molar-refractivity contribution is 0.0280. The zero-order valence-corrected chi connectivity index (χ0v) is 16.2. The van der Waals surface area contributed by atoms with Gasteiger partial charge in [0, 0.05) is 18.8 Å². The predicted octanol–water partition coefficient (Wildman–Crippen LogP) is 1.84. The molecule has 2 N–H and O–H groups in total. The molecule has 8 heteroatoms. The number of ether oxygens (including phenoxy) is 1. The largest absolute Gasteiger partial charge is 0.496 e. The molecule has 1 aliphatic rings. The van der Waals surface area contributed by atoms with Crippen LogP contribution in [-0.4, -0.2) is 36.5 Å². The van der Waals surface area contributed by atoms with Crippen LogP contribution >= 0.6 is 0 Å². The second-order valence-corrected chi connectivity index (χ2v) is 8.70. The van der Waals surface area contributed by atoms with Crippen LogP contribution in [0, 0.1) is 19.8 Å². The minimum Gasteiger partial charge on any atom is -0.496 e. The molecule has 1 saturated carbocycles. The highest BCUT2D eigenvalue weighted by molar-refractivity contribution is 7.89. The van der Waals surface area contributed by atoms with Crippen molar-refractivity contribution in [2.45, 2.75) is 43.7 Å². The number of aliphatic hydroxyl groups excluding tert-OH is 1. The van der Waals surface area contributed by atoms with E-state index in [4.69, 9.17) is 4.74 Å². The molecule has 0 spiro atoms. The molecule has 0 radical (unpaired) electrons. The monoisotopic (exact) mass is 379 g/mol. The summed E-state index contributed by atoms with van der Waals surface area (Å²) in [5.74, 6) is 0.705. The molecule has 0 amide bonds. The van der Waals surface area contributed by atoms with Gasteiger partial charge in [0.2, 0.25) is 10.0 Å². The van der Waals surface area contributed by atoms with Crippen LogP contribution < -0.4 is 9.46 Å². The van der Waals surface area contributed by atoms with Gasteiger partial charge in [-0.2, -0.15) is 5.10 Å². The Morgan fingerprint density at radius 2 is 2.00 bits per heavy atom. The van der Waals surface area contributed by atoms with Crippen molar-refractivity contribution in [2.75, 3.05) is 7.11 Å². The molecule has 142 valence electrons. The molecule has 1 aromatic carbocycles. The van der Waals surface area contributed by atoms with Crippen LogP contribution in [0.2, 0.25) is 0 Å². The van der Waals surface area contributed by atoms with Gasteiger partial charge in [0.15, 0.2) is 0 Å². The Kier molecular flexibility index (Phi) is 5.09. The first-order valence-corrected chi connectivity index (χ1v) is 10.0. The van der Waals surface area contributed by atoms with Crippen LogP contribution in [0.25, 0.3) is 0 Å². The van der Waals surface area contributed by atoms with Crippen LogP contribution in [0.1, 0.15) is 35.6 Å². The fourth-order valence-corrected chi connectivity index (χ4v) is 5.05. The van der Waals surface area contributed by atoms with Gasteiger partial charge >= 0.3 is 0 Å². The van der Waals surface area contributed by atoms with E-state index in [1.807, 2.05) is 13.1 Å². The maximum Gasteiger partial charge on any atom is 0.241 e. The first-order valence-electron chi connectivity index (χ1n) is 8.55. The molecule has 0 aliphatic heterocycles. The molecule has 1 aromatic heterocycles. The van der Waals surface area contributed by atoms with Gasteiger partial charge in [-0.1, -0.05) is 0 Å². The van der Waals surface area contributed by atoms with Crippen LogP contribution in [0.15, 0.2) is 29.4 Å². The Morgan fingerprint density at radius 3 is 2.54 bits per heavy atom. The summed E-state index contributed by atoms with van der Waals surface area (Å²) in [6.07, 6.45) is 4.26. The van der Waals surface area contributed by atoms with Crippen LogP contribution in [-0.2, 0) is 17.1 Å². The number of hydrogen-bond donors (Lipinski definition) is 2. The van der Waals surface area contributed by atoms with Gasteiger partial charge in [0.05, 0.1) is 30.3 Å². The Labute approximate surface area is 154 Å². The van der Waals surface area contributed by atoms with E-state index in [2.05, 4.69) is 9.82 Å². The summed E-state index contributed by atoms with van der Waals surface area (Å²) in [6, 6.07) is 2.95. The number of nitrogens with zero attached hydrogens (tertiary/aromatic N) is 2. The Balaban J connectivity index is 1.94. The maximum atomic E-state index is 13.1. The molecule has 1 atom stereocenters. The van der Waals surface area contributed by atoms with Crippen molar-refractivity contribution in [3.05, 3.63) is 41.2 Å². The quantitative estimate of drug-likeness (QED) is 0.799. The van der Waals surface area contributed by atoms with Gasteiger partial charge in [0.25, 0.3) is 0 Å². The summed E-state index contributed by atoms with van der Waals surface area (Å²) < 4.78 is 35.9. The minimum atomic E-state index is -3.74. The zero-order valence-electron chi connectivity index (χ0n) is 15.4. The molecule has 0 bridgehead atoms. The van der Waals surface area contributed by atoms with E-state index in [0.717, 1.165) is 11.1 Å².